The highest BCUT2D eigenvalue weighted by molar-refractivity contribution is 5.89. The number of halogens is 2. The summed E-state index contributed by atoms with van der Waals surface area (Å²) >= 11 is 0. The van der Waals surface area contributed by atoms with Gasteiger partial charge in [-0.1, -0.05) is 38.1 Å². The molecule has 3 N–H and O–H groups in total. The number of amides is 1. The number of hydrogen-bond acceptors (Lipinski definition) is 4. The molecule has 2 aromatic rings. The summed E-state index contributed by atoms with van der Waals surface area (Å²) in [4.78, 5) is 17.1. The largest absolute Gasteiger partial charge is 0.378 e. The van der Waals surface area contributed by atoms with Crippen LogP contribution in [0.4, 0.5) is 0 Å². The molecule has 1 amide bonds. The Morgan fingerprint density at radius 3 is 2.67 bits per heavy atom. The summed E-state index contributed by atoms with van der Waals surface area (Å²) in [6.07, 6.45) is 3.13. The van der Waals surface area contributed by atoms with Crippen LogP contribution in [-0.4, -0.2) is 35.7 Å². The van der Waals surface area contributed by atoms with Crippen molar-refractivity contribution in [3.8, 4) is 0 Å². The molecule has 0 aliphatic heterocycles. The van der Waals surface area contributed by atoms with Crippen molar-refractivity contribution in [1.82, 2.24) is 10.3 Å². The van der Waals surface area contributed by atoms with Gasteiger partial charge in [0.1, 0.15) is 5.54 Å². The van der Waals surface area contributed by atoms with E-state index in [-0.39, 0.29) is 42.2 Å². The van der Waals surface area contributed by atoms with Gasteiger partial charge < -0.3 is 15.8 Å². The first-order valence-electron chi connectivity index (χ1n) is 8.91. The molecular weight excluding hydrogens is 385 g/mol. The fraction of sp³-hybridized carbons (Fsp3) is 0.500. The smallest absolute Gasteiger partial charge is 0.240 e. The number of aromatic nitrogens is 1. The lowest BCUT2D eigenvalue weighted by molar-refractivity contribution is -0.170. The van der Waals surface area contributed by atoms with E-state index in [2.05, 4.69) is 16.4 Å². The minimum Gasteiger partial charge on any atom is -0.378 e. The van der Waals surface area contributed by atoms with Gasteiger partial charge in [0.15, 0.2) is 0 Å². The van der Waals surface area contributed by atoms with E-state index in [1.807, 2.05) is 45.0 Å². The van der Waals surface area contributed by atoms with Gasteiger partial charge in [0, 0.05) is 36.6 Å². The molecule has 1 aliphatic rings. The fourth-order valence-electron chi connectivity index (χ4n) is 3.66. The third kappa shape index (κ3) is 4.21. The normalized spacial score (nSPS) is 22.9. The topological polar surface area (TPSA) is 77.2 Å². The second-order valence-electron chi connectivity index (χ2n) is 7.34. The van der Waals surface area contributed by atoms with Crippen molar-refractivity contribution in [3.63, 3.8) is 0 Å². The molecule has 5 nitrogen and oxygen atoms in total. The summed E-state index contributed by atoms with van der Waals surface area (Å²) in [5.74, 6) is -0.0957. The first kappa shape index (κ1) is 23.6. The molecule has 1 saturated carbocycles. The molecule has 1 aliphatic carbocycles. The van der Waals surface area contributed by atoms with E-state index in [1.165, 1.54) is 0 Å². The molecule has 1 heterocycles. The van der Waals surface area contributed by atoms with Crippen molar-refractivity contribution < 1.29 is 9.53 Å². The van der Waals surface area contributed by atoms with Gasteiger partial charge in [-0.15, -0.1) is 24.8 Å². The van der Waals surface area contributed by atoms with E-state index in [1.54, 1.807) is 6.20 Å². The maximum absolute atomic E-state index is 12.7. The van der Waals surface area contributed by atoms with Gasteiger partial charge in [0.25, 0.3) is 0 Å². The highest BCUT2D eigenvalue weighted by atomic mass is 35.5. The lowest BCUT2D eigenvalue weighted by Gasteiger charge is -2.57. The Balaban J connectivity index is 0.00000182. The molecule has 150 valence electrons. The van der Waals surface area contributed by atoms with Gasteiger partial charge in [-0.25, -0.2) is 0 Å². The number of carbonyl (C=O) groups is 1. The van der Waals surface area contributed by atoms with Crippen molar-refractivity contribution in [1.29, 1.82) is 0 Å². The van der Waals surface area contributed by atoms with Crippen LogP contribution < -0.4 is 11.1 Å². The van der Waals surface area contributed by atoms with Gasteiger partial charge in [0.2, 0.25) is 5.91 Å². The molecule has 0 bridgehead atoms. The van der Waals surface area contributed by atoms with Crippen LogP contribution in [0, 0.1) is 5.41 Å². The number of hydrogen-bond donors (Lipinski definition) is 2. The number of nitrogens with one attached hydrogen (secondary N) is 1. The van der Waals surface area contributed by atoms with Crippen molar-refractivity contribution in [2.45, 2.75) is 45.3 Å². The molecule has 2 atom stereocenters. The van der Waals surface area contributed by atoms with Crippen LogP contribution in [-0.2, 0) is 16.0 Å². The first-order chi connectivity index (χ1) is 11.9. The number of rotatable bonds is 6. The zero-order valence-electron chi connectivity index (χ0n) is 16.0. The Morgan fingerprint density at radius 2 is 2.00 bits per heavy atom. The van der Waals surface area contributed by atoms with Crippen molar-refractivity contribution in [2.75, 3.05) is 13.2 Å². The predicted molar refractivity (Wildman–Crippen MR) is 114 cm³/mol. The lowest BCUT2D eigenvalue weighted by atomic mass is 9.54. The lowest BCUT2D eigenvalue weighted by Crippen LogP contribution is -2.75. The predicted octanol–water partition coefficient (Wildman–Crippen LogP) is 3.27. The highest BCUT2D eigenvalue weighted by Crippen LogP contribution is 2.49. The summed E-state index contributed by atoms with van der Waals surface area (Å²) < 4.78 is 5.69. The Morgan fingerprint density at radius 1 is 1.30 bits per heavy atom. The van der Waals surface area contributed by atoms with E-state index in [4.69, 9.17) is 10.5 Å². The highest BCUT2D eigenvalue weighted by Gasteiger charge is 2.62. The summed E-state index contributed by atoms with van der Waals surface area (Å²) in [5.41, 5.74) is 7.29. The van der Waals surface area contributed by atoms with Gasteiger partial charge in [-0.3, -0.25) is 9.78 Å². The summed E-state index contributed by atoms with van der Waals surface area (Å²) in [5, 5.41) is 4.12. The average Bonchev–Trinajstić information content (AvgIpc) is 2.61. The Labute approximate surface area is 173 Å². The molecule has 27 heavy (non-hydrogen) atoms. The fourth-order valence-corrected chi connectivity index (χ4v) is 3.66. The molecule has 3 rings (SSSR count). The third-order valence-corrected chi connectivity index (χ3v) is 5.63. The molecule has 1 fully saturated rings. The maximum Gasteiger partial charge on any atom is 0.240 e. The van der Waals surface area contributed by atoms with Crippen LogP contribution in [0.5, 0.6) is 0 Å². The second kappa shape index (κ2) is 9.20. The monoisotopic (exact) mass is 413 g/mol. The summed E-state index contributed by atoms with van der Waals surface area (Å²) in [6, 6.07) is 10.1. The SMILES string of the molecule is CCOC1CC(N)(C(=O)NCCc2cccc3cccnc23)C1(C)C.Cl.Cl. The van der Waals surface area contributed by atoms with Crippen molar-refractivity contribution in [2.24, 2.45) is 11.1 Å². The molecule has 0 saturated heterocycles. The van der Waals surface area contributed by atoms with Crippen LogP contribution in [0.2, 0.25) is 0 Å². The zero-order valence-corrected chi connectivity index (χ0v) is 17.7. The molecule has 2 unspecified atom stereocenters. The standard InChI is InChI=1S/C20H27N3O2.2ClH/c1-4-25-16-13-20(21,19(16,2)3)18(24)23-12-10-15-8-5-7-14-9-6-11-22-17(14)15;;/h5-9,11,16H,4,10,12-13,21H2,1-3H3,(H,23,24);2*1H. The number of nitrogens with two attached hydrogens (primary N) is 1. The number of ether oxygens (including phenoxy) is 1. The van der Waals surface area contributed by atoms with E-state index >= 15 is 0 Å². The number of fused-ring (bicyclic) bond motifs is 1. The number of carbonyl (C=O) groups excluding carboxylic acids is 1. The molecule has 7 heteroatoms. The van der Waals surface area contributed by atoms with Gasteiger partial charge in [-0.2, -0.15) is 0 Å². The Bertz CT molecular complexity index is 779. The Hall–Kier alpha value is -1.40. The number of para-hydroxylation sites is 1. The van der Waals surface area contributed by atoms with Gasteiger partial charge in [-0.05, 0) is 25.0 Å². The number of nitrogens with zero attached hydrogens (tertiary/aromatic N) is 1. The first-order valence-corrected chi connectivity index (χ1v) is 8.91. The quantitative estimate of drug-likeness (QED) is 0.761. The molecule has 1 aromatic heterocycles. The molecule has 0 spiro atoms. The minimum atomic E-state index is -0.871. The van der Waals surface area contributed by atoms with Crippen LogP contribution in [0.25, 0.3) is 10.9 Å². The van der Waals surface area contributed by atoms with Crippen LogP contribution in [0.1, 0.15) is 32.8 Å². The Kier molecular flexibility index (Phi) is 8.05. The van der Waals surface area contributed by atoms with E-state index in [9.17, 15) is 4.79 Å². The van der Waals surface area contributed by atoms with Crippen LogP contribution in [0.3, 0.4) is 0 Å². The van der Waals surface area contributed by atoms with E-state index in [0.717, 1.165) is 22.9 Å². The maximum atomic E-state index is 12.7. The zero-order chi connectivity index (χ0) is 18.1. The molecule has 0 radical (unpaired) electrons. The molecular formula is C20H29Cl2N3O2. The van der Waals surface area contributed by atoms with Crippen molar-refractivity contribution >= 4 is 41.6 Å². The summed E-state index contributed by atoms with van der Waals surface area (Å²) in [6.45, 7) is 7.16. The number of pyridine rings is 1. The number of benzene rings is 1. The molecule has 1 aromatic carbocycles. The third-order valence-electron chi connectivity index (χ3n) is 5.63. The van der Waals surface area contributed by atoms with E-state index in [0.29, 0.717) is 19.6 Å². The second-order valence-corrected chi connectivity index (χ2v) is 7.34. The summed E-state index contributed by atoms with van der Waals surface area (Å²) in [7, 11) is 0. The average molecular weight is 414 g/mol. The minimum absolute atomic E-state index is 0. The van der Waals surface area contributed by atoms with E-state index < -0.39 is 5.54 Å². The van der Waals surface area contributed by atoms with Gasteiger partial charge in [0.05, 0.1) is 11.6 Å². The van der Waals surface area contributed by atoms with Crippen LogP contribution in [0.15, 0.2) is 36.5 Å². The van der Waals surface area contributed by atoms with Gasteiger partial charge >= 0.3 is 0 Å². The van der Waals surface area contributed by atoms with Crippen LogP contribution >= 0.6 is 24.8 Å². The van der Waals surface area contributed by atoms with Crippen molar-refractivity contribution in [3.05, 3.63) is 42.1 Å².